The van der Waals surface area contributed by atoms with Gasteiger partial charge in [0, 0.05) is 16.8 Å². The van der Waals surface area contributed by atoms with Crippen LogP contribution in [-0.4, -0.2) is 20.2 Å². The predicted molar refractivity (Wildman–Crippen MR) is 58.2 cm³/mol. The van der Waals surface area contributed by atoms with Crippen molar-refractivity contribution in [3.8, 4) is 5.75 Å². The molecule has 0 aliphatic rings. The van der Waals surface area contributed by atoms with Crippen LogP contribution in [0.5, 0.6) is 5.75 Å². The van der Waals surface area contributed by atoms with E-state index in [1.165, 1.54) is 7.11 Å². The first kappa shape index (κ1) is 11.4. The number of ether oxygens (including phenoxy) is 2. The molecule has 1 aromatic carbocycles. The second kappa shape index (κ2) is 4.21. The first-order valence-electron chi connectivity index (χ1n) is 4.54. The summed E-state index contributed by atoms with van der Waals surface area (Å²) in [5.41, 5.74) is 8.32. The van der Waals surface area contributed by atoms with Crippen molar-refractivity contribution in [2.75, 3.05) is 20.0 Å². The predicted octanol–water partition coefficient (Wildman–Crippen LogP) is 1.68. The van der Waals surface area contributed by atoms with Crippen LogP contribution in [0.4, 0.5) is 5.69 Å². The third kappa shape index (κ3) is 1.88. The van der Waals surface area contributed by atoms with Crippen LogP contribution < -0.4 is 10.5 Å². The average molecular weight is 209 g/mol. The average Bonchev–Trinajstić information content (AvgIpc) is 2.23. The van der Waals surface area contributed by atoms with Crippen molar-refractivity contribution in [2.24, 2.45) is 0 Å². The van der Waals surface area contributed by atoms with Crippen molar-refractivity contribution >= 4 is 11.7 Å². The summed E-state index contributed by atoms with van der Waals surface area (Å²) in [6.45, 7) is 3.65. The zero-order valence-corrected chi connectivity index (χ0v) is 9.38. The second-order valence-corrected chi connectivity index (χ2v) is 3.29. The van der Waals surface area contributed by atoms with Gasteiger partial charge in [0.1, 0.15) is 5.75 Å². The van der Waals surface area contributed by atoms with Crippen LogP contribution in [0, 0.1) is 13.8 Å². The maximum absolute atomic E-state index is 11.4. The lowest BCUT2D eigenvalue weighted by molar-refractivity contribution is 0.0599. The standard InChI is InChI=1S/C11H15NO3/c1-6-8(11(13)15-4)5-9(12)7(2)10(6)14-3/h5H,12H2,1-4H3. The van der Waals surface area contributed by atoms with Gasteiger partial charge in [0.2, 0.25) is 0 Å². The zero-order chi connectivity index (χ0) is 11.6. The van der Waals surface area contributed by atoms with Crippen molar-refractivity contribution in [1.82, 2.24) is 0 Å². The molecular weight excluding hydrogens is 194 g/mol. The molecule has 0 fully saturated rings. The van der Waals surface area contributed by atoms with Gasteiger partial charge in [-0.05, 0) is 19.9 Å². The number of benzene rings is 1. The summed E-state index contributed by atoms with van der Waals surface area (Å²) in [6, 6.07) is 1.61. The molecule has 0 radical (unpaired) electrons. The molecule has 4 nitrogen and oxygen atoms in total. The molecule has 0 aliphatic heterocycles. The summed E-state index contributed by atoms with van der Waals surface area (Å²) >= 11 is 0. The Morgan fingerprint density at radius 1 is 1.27 bits per heavy atom. The Kier molecular flexibility index (Phi) is 3.19. The van der Waals surface area contributed by atoms with Gasteiger partial charge in [0.15, 0.2) is 0 Å². The first-order valence-corrected chi connectivity index (χ1v) is 4.54. The molecule has 0 aliphatic carbocycles. The molecule has 0 bridgehead atoms. The van der Waals surface area contributed by atoms with Gasteiger partial charge < -0.3 is 15.2 Å². The van der Waals surface area contributed by atoms with Crippen LogP contribution in [0.15, 0.2) is 6.07 Å². The summed E-state index contributed by atoms with van der Waals surface area (Å²) in [7, 11) is 2.89. The van der Waals surface area contributed by atoms with E-state index in [1.807, 2.05) is 6.92 Å². The van der Waals surface area contributed by atoms with Crippen molar-refractivity contribution in [3.05, 3.63) is 22.8 Å². The summed E-state index contributed by atoms with van der Waals surface area (Å²) in [5.74, 6) is 0.230. The number of carbonyl (C=O) groups is 1. The Balaban J connectivity index is 3.43. The minimum Gasteiger partial charge on any atom is -0.496 e. The highest BCUT2D eigenvalue weighted by Gasteiger charge is 2.16. The van der Waals surface area contributed by atoms with Gasteiger partial charge in [0.25, 0.3) is 0 Å². The van der Waals surface area contributed by atoms with E-state index in [9.17, 15) is 4.79 Å². The van der Waals surface area contributed by atoms with E-state index in [0.29, 0.717) is 17.0 Å². The SMILES string of the molecule is COC(=O)c1cc(N)c(C)c(OC)c1C. The maximum Gasteiger partial charge on any atom is 0.338 e. The number of carbonyl (C=O) groups excluding carboxylic acids is 1. The Morgan fingerprint density at radius 3 is 2.33 bits per heavy atom. The van der Waals surface area contributed by atoms with E-state index >= 15 is 0 Å². The Morgan fingerprint density at radius 2 is 1.87 bits per heavy atom. The molecule has 0 aromatic heterocycles. The molecule has 0 amide bonds. The lowest BCUT2D eigenvalue weighted by Gasteiger charge is -2.14. The van der Waals surface area contributed by atoms with Gasteiger partial charge >= 0.3 is 5.97 Å². The molecule has 0 heterocycles. The molecule has 0 spiro atoms. The molecular formula is C11H15NO3. The zero-order valence-electron chi connectivity index (χ0n) is 9.38. The lowest BCUT2D eigenvalue weighted by Crippen LogP contribution is -2.08. The van der Waals surface area contributed by atoms with E-state index < -0.39 is 5.97 Å². The van der Waals surface area contributed by atoms with Crippen LogP contribution in [0.3, 0.4) is 0 Å². The van der Waals surface area contributed by atoms with E-state index in [-0.39, 0.29) is 0 Å². The summed E-state index contributed by atoms with van der Waals surface area (Å²) in [6.07, 6.45) is 0. The van der Waals surface area contributed by atoms with Crippen LogP contribution >= 0.6 is 0 Å². The molecule has 0 saturated heterocycles. The van der Waals surface area contributed by atoms with Gasteiger partial charge in [-0.2, -0.15) is 0 Å². The normalized spacial score (nSPS) is 9.87. The Hall–Kier alpha value is -1.71. The number of methoxy groups -OCH3 is 2. The first-order chi connectivity index (χ1) is 7.02. The molecule has 4 heteroatoms. The third-order valence-electron chi connectivity index (χ3n) is 2.43. The minimum absolute atomic E-state index is 0.405. The lowest BCUT2D eigenvalue weighted by atomic mass is 10.0. The van der Waals surface area contributed by atoms with Crippen molar-refractivity contribution in [3.63, 3.8) is 0 Å². The van der Waals surface area contributed by atoms with Crippen LogP contribution in [-0.2, 0) is 4.74 Å². The fourth-order valence-corrected chi connectivity index (χ4v) is 1.53. The monoisotopic (exact) mass is 209 g/mol. The number of anilines is 1. The quantitative estimate of drug-likeness (QED) is 0.594. The van der Waals surface area contributed by atoms with Crippen LogP contribution in [0.2, 0.25) is 0 Å². The van der Waals surface area contributed by atoms with Crippen molar-refractivity contribution < 1.29 is 14.3 Å². The number of hydrogen-bond acceptors (Lipinski definition) is 4. The maximum atomic E-state index is 11.4. The topological polar surface area (TPSA) is 61.5 Å². The molecule has 0 atom stereocenters. The largest absolute Gasteiger partial charge is 0.496 e. The number of esters is 1. The van der Waals surface area contributed by atoms with Crippen LogP contribution in [0.1, 0.15) is 21.5 Å². The Labute approximate surface area is 89.0 Å². The number of nitrogens with two attached hydrogens (primary N) is 1. The molecule has 15 heavy (non-hydrogen) atoms. The summed E-state index contributed by atoms with van der Waals surface area (Å²) < 4.78 is 9.87. The van der Waals surface area contributed by atoms with E-state index in [2.05, 4.69) is 4.74 Å². The molecule has 1 aromatic rings. The van der Waals surface area contributed by atoms with Gasteiger partial charge in [-0.1, -0.05) is 0 Å². The van der Waals surface area contributed by atoms with Gasteiger partial charge in [0.05, 0.1) is 19.8 Å². The van der Waals surface area contributed by atoms with E-state index in [0.717, 1.165) is 11.1 Å². The van der Waals surface area contributed by atoms with Gasteiger partial charge in [-0.15, -0.1) is 0 Å². The fourth-order valence-electron chi connectivity index (χ4n) is 1.53. The molecule has 0 saturated carbocycles. The second-order valence-electron chi connectivity index (χ2n) is 3.29. The summed E-state index contributed by atoms with van der Waals surface area (Å²) in [5, 5.41) is 0. The number of nitrogen functional groups attached to an aromatic ring is 1. The fraction of sp³-hybridized carbons (Fsp3) is 0.364. The molecule has 2 N–H and O–H groups in total. The highest BCUT2D eigenvalue weighted by atomic mass is 16.5. The van der Waals surface area contributed by atoms with E-state index in [4.69, 9.17) is 10.5 Å². The number of hydrogen-bond donors (Lipinski definition) is 1. The van der Waals surface area contributed by atoms with E-state index in [1.54, 1.807) is 20.1 Å². The molecule has 1 rings (SSSR count). The molecule has 0 unspecified atom stereocenters. The van der Waals surface area contributed by atoms with Crippen molar-refractivity contribution in [1.29, 1.82) is 0 Å². The highest BCUT2D eigenvalue weighted by Crippen LogP contribution is 2.30. The van der Waals surface area contributed by atoms with Crippen LogP contribution in [0.25, 0.3) is 0 Å². The van der Waals surface area contributed by atoms with Gasteiger partial charge in [-0.3, -0.25) is 0 Å². The summed E-state index contributed by atoms with van der Waals surface area (Å²) in [4.78, 5) is 11.4. The highest BCUT2D eigenvalue weighted by molar-refractivity contribution is 5.93. The number of rotatable bonds is 2. The third-order valence-corrected chi connectivity index (χ3v) is 2.43. The smallest absolute Gasteiger partial charge is 0.338 e. The minimum atomic E-state index is -0.405. The Bertz CT molecular complexity index is 399. The van der Waals surface area contributed by atoms with Crippen molar-refractivity contribution in [2.45, 2.75) is 13.8 Å². The van der Waals surface area contributed by atoms with Gasteiger partial charge in [-0.25, -0.2) is 4.79 Å². The molecule has 82 valence electrons.